The second-order valence-electron chi connectivity index (χ2n) is 15.0. The molecule has 1 heterocycles. The maximum absolute atomic E-state index is 10.1. The Kier molecular flexibility index (Phi) is 8.42. The molecule has 0 spiro atoms. The molecule has 1 aromatic carbocycles. The van der Waals surface area contributed by atoms with Crippen LogP contribution in [0.2, 0.25) is 0 Å². The van der Waals surface area contributed by atoms with Gasteiger partial charge in [-0.25, -0.2) is 0 Å². The molecule has 0 bridgehead atoms. The van der Waals surface area contributed by atoms with Gasteiger partial charge in [0.05, 0.1) is 12.7 Å². The summed E-state index contributed by atoms with van der Waals surface area (Å²) in [5.41, 5.74) is 4.33. The molecule has 2 aromatic rings. The van der Waals surface area contributed by atoms with Crippen LogP contribution in [0, 0.1) is 40.4 Å². The molecule has 0 amide bonds. The van der Waals surface area contributed by atoms with E-state index in [-0.39, 0.29) is 5.75 Å². The number of hydrogen-bond donors (Lipinski definition) is 2. The number of anilines is 1. The van der Waals surface area contributed by atoms with Gasteiger partial charge in [0.25, 0.3) is 0 Å². The van der Waals surface area contributed by atoms with Crippen LogP contribution >= 0.6 is 0 Å². The number of fused-ring (bicyclic) bond motifs is 6. The summed E-state index contributed by atoms with van der Waals surface area (Å²) in [6.07, 6.45) is 21.3. The minimum atomic E-state index is 0.225. The zero-order valence-electron chi connectivity index (χ0n) is 26.1. The number of nitrogens with zero attached hydrogens (tertiary/aromatic N) is 1. The van der Waals surface area contributed by atoms with Gasteiger partial charge in [-0.1, -0.05) is 58.6 Å². The highest BCUT2D eigenvalue weighted by atomic mass is 16.5. The van der Waals surface area contributed by atoms with E-state index in [1.807, 2.05) is 18.2 Å². The van der Waals surface area contributed by atoms with Gasteiger partial charge in [0.15, 0.2) is 0 Å². The third-order valence-electron chi connectivity index (χ3n) is 12.4. The summed E-state index contributed by atoms with van der Waals surface area (Å²) < 4.78 is 6.46. The average Bonchev–Trinajstić information content (AvgIpc) is 3.30. The van der Waals surface area contributed by atoms with Crippen molar-refractivity contribution in [2.24, 2.45) is 40.4 Å². The highest BCUT2D eigenvalue weighted by Crippen LogP contribution is 2.66. The minimum Gasteiger partial charge on any atom is -0.506 e. The number of aromatic nitrogens is 1. The minimum absolute atomic E-state index is 0.225. The number of nitrogens with one attached hydrogen (secondary N) is 1. The lowest BCUT2D eigenvalue weighted by atomic mass is 9.47. The predicted octanol–water partition coefficient (Wildman–Crippen LogP) is 9.53. The standard InChI is InChI=1S/C37H54N2O2/c1-25(2)8-5-6-9-26-12-14-31-29-13-11-27-24-28(17-19-37(27,4)32(29)18-20-36(26,31)3)41-23-22-38-33-15-16-34(40)35-30(33)10-7-21-39-35/h7,10-11,15-16,21,25-26,28-29,31-32,38,40H,5-6,8-9,12-14,17-20,22-24H2,1-4H3/t26-,28-,29?,31?,32?,36+,37-/m0/s1. The molecule has 3 unspecified atom stereocenters. The molecule has 4 nitrogen and oxygen atoms in total. The SMILES string of the molecule is CC(C)CCCC[C@H]1CCC2C3CC=C4C[C@@H](OCCNc5ccc(O)c6ncccc56)CC[C@]4(C)C3CC[C@@]21C. The van der Waals surface area contributed by atoms with E-state index in [9.17, 15) is 5.11 Å². The van der Waals surface area contributed by atoms with Crippen LogP contribution in [-0.4, -0.2) is 29.3 Å². The van der Waals surface area contributed by atoms with Crippen molar-refractivity contribution in [2.45, 2.75) is 111 Å². The number of allylic oxidation sites excluding steroid dienone is 1. The third kappa shape index (κ3) is 5.55. The second kappa shape index (κ2) is 11.9. The molecule has 7 atom stereocenters. The first kappa shape index (κ1) is 29.0. The van der Waals surface area contributed by atoms with Crippen molar-refractivity contribution in [1.29, 1.82) is 0 Å². The van der Waals surface area contributed by atoms with Gasteiger partial charge >= 0.3 is 0 Å². The number of pyridine rings is 1. The number of unbranched alkanes of at least 4 members (excludes halogenated alkanes) is 1. The van der Waals surface area contributed by atoms with E-state index in [4.69, 9.17) is 4.74 Å². The molecular formula is C37H54N2O2. The molecule has 224 valence electrons. The van der Waals surface area contributed by atoms with Crippen molar-refractivity contribution < 1.29 is 9.84 Å². The molecule has 1 aromatic heterocycles. The summed E-state index contributed by atoms with van der Waals surface area (Å²) in [6.45, 7) is 11.5. The smallest absolute Gasteiger partial charge is 0.141 e. The summed E-state index contributed by atoms with van der Waals surface area (Å²) in [4.78, 5) is 4.33. The van der Waals surface area contributed by atoms with Gasteiger partial charge in [-0.05, 0) is 122 Å². The molecule has 0 saturated heterocycles. The topological polar surface area (TPSA) is 54.4 Å². The van der Waals surface area contributed by atoms with Crippen LogP contribution in [0.25, 0.3) is 10.9 Å². The summed E-state index contributed by atoms with van der Waals surface area (Å²) in [7, 11) is 0. The number of hydrogen-bond acceptors (Lipinski definition) is 4. The van der Waals surface area contributed by atoms with Gasteiger partial charge in [0.1, 0.15) is 11.3 Å². The van der Waals surface area contributed by atoms with E-state index >= 15 is 0 Å². The quantitative estimate of drug-likeness (QED) is 0.173. The first-order valence-corrected chi connectivity index (χ1v) is 16.9. The largest absolute Gasteiger partial charge is 0.506 e. The molecule has 2 N–H and O–H groups in total. The number of phenols is 1. The first-order chi connectivity index (χ1) is 19.8. The van der Waals surface area contributed by atoms with Crippen molar-refractivity contribution >= 4 is 16.6 Å². The van der Waals surface area contributed by atoms with Crippen LogP contribution in [0.4, 0.5) is 5.69 Å². The summed E-state index contributed by atoms with van der Waals surface area (Å²) in [6, 6.07) is 7.57. The first-order valence-electron chi connectivity index (χ1n) is 16.9. The number of ether oxygens (including phenoxy) is 1. The van der Waals surface area contributed by atoms with Crippen molar-refractivity contribution in [3.63, 3.8) is 0 Å². The summed E-state index contributed by atoms with van der Waals surface area (Å²) in [5, 5.41) is 14.6. The van der Waals surface area contributed by atoms with Crippen LogP contribution in [-0.2, 0) is 4.74 Å². The lowest BCUT2D eigenvalue weighted by Gasteiger charge is -2.58. The molecule has 6 rings (SSSR count). The Morgan fingerprint density at radius 3 is 2.78 bits per heavy atom. The van der Waals surface area contributed by atoms with Gasteiger partial charge < -0.3 is 15.2 Å². The van der Waals surface area contributed by atoms with E-state index in [1.165, 1.54) is 70.6 Å². The summed E-state index contributed by atoms with van der Waals surface area (Å²) in [5.74, 6) is 4.76. The van der Waals surface area contributed by atoms with Gasteiger partial charge in [-0.15, -0.1) is 0 Å². The molecule has 41 heavy (non-hydrogen) atoms. The number of aromatic hydroxyl groups is 1. The van der Waals surface area contributed by atoms with Crippen molar-refractivity contribution in [2.75, 3.05) is 18.5 Å². The number of phenolic OH excluding ortho intramolecular Hbond substituents is 1. The Labute approximate surface area is 248 Å². The van der Waals surface area contributed by atoms with E-state index < -0.39 is 0 Å². The molecule has 4 aliphatic carbocycles. The molecule has 3 fully saturated rings. The molecule has 0 aliphatic heterocycles. The second-order valence-corrected chi connectivity index (χ2v) is 15.0. The Balaban J connectivity index is 1.03. The fourth-order valence-electron chi connectivity index (χ4n) is 10.0. The zero-order valence-corrected chi connectivity index (χ0v) is 26.1. The fourth-order valence-corrected chi connectivity index (χ4v) is 10.0. The van der Waals surface area contributed by atoms with Crippen molar-refractivity contribution in [3.8, 4) is 5.75 Å². The normalized spacial score (nSPS) is 34.7. The van der Waals surface area contributed by atoms with Crippen molar-refractivity contribution in [3.05, 3.63) is 42.1 Å². The van der Waals surface area contributed by atoms with Gasteiger partial charge in [0.2, 0.25) is 0 Å². The third-order valence-corrected chi connectivity index (χ3v) is 12.4. The van der Waals surface area contributed by atoms with E-state index in [2.05, 4.69) is 44.1 Å². The number of benzene rings is 1. The Morgan fingerprint density at radius 1 is 1.05 bits per heavy atom. The molecular weight excluding hydrogens is 504 g/mol. The van der Waals surface area contributed by atoms with E-state index in [0.717, 1.165) is 53.6 Å². The maximum Gasteiger partial charge on any atom is 0.141 e. The average molecular weight is 559 g/mol. The maximum atomic E-state index is 10.1. The van der Waals surface area contributed by atoms with Crippen LogP contribution < -0.4 is 5.32 Å². The van der Waals surface area contributed by atoms with Crippen molar-refractivity contribution in [1.82, 2.24) is 4.98 Å². The van der Waals surface area contributed by atoms with E-state index in [1.54, 1.807) is 17.8 Å². The van der Waals surface area contributed by atoms with Crippen LogP contribution in [0.1, 0.15) is 105 Å². The Bertz CT molecular complexity index is 1240. The highest BCUT2D eigenvalue weighted by molar-refractivity contribution is 5.94. The molecule has 4 heteroatoms. The zero-order chi connectivity index (χ0) is 28.6. The fraction of sp³-hybridized carbons (Fsp3) is 0.703. The lowest BCUT2D eigenvalue weighted by molar-refractivity contribution is -0.0579. The Hall–Kier alpha value is -2.07. The molecule has 3 saturated carbocycles. The lowest BCUT2D eigenvalue weighted by Crippen LogP contribution is -2.50. The molecule has 0 radical (unpaired) electrons. The monoisotopic (exact) mass is 558 g/mol. The van der Waals surface area contributed by atoms with Gasteiger partial charge in [-0.2, -0.15) is 0 Å². The predicted molar refractivity (Wildman–Crippen MR) is 170 cm³/mol. The highest BCUT2D eigenvalue weighted by Gasteiger charge is 2.58. The Morgan fingerprint density at radius 2 is 1.93 bits per heavy atom. The van der Waals surface area contributed by atoms with Crippen LogP contribution in [0.3, 0.4) is 0 Å². The van der Waals surface area contributed by atoms with Gasteiger partial charge in [-0.3, -0.25) is 4.98 Å². The van der Waals surface area contributed by atoms with Gasteiger partial charge in [0, 0.05) is 23.8 Å². The van der Waals surface area contributed by atoms with Crippen LogP contribution in [0.15, 0.2) is 42.1 Å². The van der Waals surface area contributed by atoms with Crippen LogP contribution in [0.5, 0.6) is 5.75 Å². The van der Waals surface area contributed by atoms with E-state index in [0.29, 0.717) is 29.1 Å². The summed E-state index contributed by atoms with van der Waals surface area (Å²) >= 11 is 0. The number of rotatable bonds is 10. The molecule has 4 aliphatic rings.